The van der Waals surface area contributed by atoms with Crippen molar-refractivity contribution in [1.29, 1.82) is 5.26 Å². The molecule has 3 nitrogen and oxygen atoms in total. The molecule has 92 valence electrons. The normalized spacial score (nSPS) is 10.4. The molecule has 0 atom stereocenters. The van der Waals surface area contributed by atoms with Gasteiger partial charge in [0.2, 0.25) is 0 Å². The Kier molecular flexibility index (Phi) is 3.18. The number of halogens is 1. The lowest BCUT2D eigenvalue weighted by Gasteiger charge is -2.12. The van der Waals surface area contributed by atoms with Gasteiger partial charge in [0.1, 0.15) is 11.9 Å². The first-order valence-corrected chi connectivity index (χ1v) is 6.40. The van der Waals surface area contributed by atoms with Crippen molar-refractivity contribution >= 4 is 21.7 Å². The highest BCUT2D eigenvalue weighted by Gasteiger charge is 2.17. The van der Waals surface area contributed by atoms with Crippen molar-refractivity contribution in [3.8, 4) is 11.8 Å². The molecule has 1 aromatic heterocycles. The lowest BCUT2D eigenvalue weighted by Crippen LogP contribution is -2.04. The van der Waals surface area contributed by atoms with E-state index in [1.165, 1.54) is 0 Å². The number of aryl methyl sites for hydroxylation is 1. The molecule has 0 aliphatic carbocycles. The van der Waals surface area contributed by atoms with Crippen molar-refractivity contribution in [1.82, 2.24) is 4.57 Å². The third-order valence-corrected chi connectivity index (χ3v) is 3.75. The largest absolute Gasteiger partial charge is 0.384 e. The molecule has 2 rings (SSSR count). The van der Waals surface area contributed by atoms with Gasteiger partial charge in [-0.05, 0) is 50.1 Å². The van der Waals surface area contributed by atoms with Gasteiger partial charge < -0.3 is 5.73 Å². The molecule has 4 heteroatoms. The number of benzene rings is 1. The summed E-state index contributed by atoms with van der Waals surface area (Å²) in [5.74, 6) is 0.512. The molecule has 0 bridgehead atoms. The maximum absolute atomic E-state index is 9.15. The van der Waals surface area contributed by atoms with E-state index in [-0.39, 0.29) is 0 Å². The van der Waals surface area contributed by atoms with Gasteiger partial charge in [-0.25, -0.2) is 0 Å². The Hall–Kier alpha value is -1.73. The Labute approximate surface area is 115 Å². The van der Waals surface area contributed by atoms with Crippen LogP contribution in [-0.4, -0.2) is 4.57 Å². The molecule has 0 saturated carbocycles. The zero-order chi connectivity index (χ0) is 13.4. The first-order chi connectivity index (χ1) is 8.47. The first kappa shape index (κ1) is 12.7. The molecule has 1 aromatic carbocycles. The molecule has 0 saturated heterocycles. The van der Waals surface area contributed by atoms with E-state index in [1.54, 1.807) is 0 Å². The SMILES string of the molecule is Cc1cc(Br)ccc1-n1c(C)c(C)c(C#N)c1N. The minimum absolute atomic E-state index is 0.512. The van der Waals surface area contributed by atoms with Gasteiger partial charge in [0.15, 0.2) is 0 Å². The molecule has 1 heterocycles. The molecule has 2 N–H and O–H groups in total. The van der Waals surface area contributed by atoms with Crippen molar-refractivity contribution in [2.24, 2.45) is 0 Å². The summed E-state index contributed by atoms with van der Waals surface area (Å²) in [5.41, 5.74) is 10.7. The highest BCUT2D eigenvalue weighted by atomic mass is 79.9. The molecule has 18 heavy (non-hydrogen) atoms. The van der Waals surface area contributed by atoms with Gasteiger partial charge in [-0.2, -0.15) is 5.26 Å². The summed E-state index contributed by atoms with van der Waals surface area (Å²) in [5, 5.41) is 9.15. The number of anilines is 1. The highest BCUT2D eigenvalue weighted by molar-refractivity contribution is 9.10. The molecular weight excluding hydrogens is 290 g/mol. The van der Waals surface area contributed by atoms with Crippen molar-refractivity contribution in [2.45, 2.75) is 20.8 Å². The number of nitrogens with two attached hydrogens (primary N) is 1. The Balaban J connectivity index is 2.77. The lowest BCUT2D eigenvalue weighted by molar-refractivity contribution is 1.00. The molecular formula is C14H14BrN3. The summed E-state index contributed by atoms with van der Waals surface area (Å²) in [4.78, 5) is 0. The number of nitrogens with zero attached hydrogens (tertiary/aromatic N) is 2. The number of nitriles is 1. The van der Waals surface area contributed by atoms with Gasteiger partial charge in [0.05, 0.1) is 11.3 Å². The summed E-state index contributed by atoms with van der Waals surface area (Å²) in [6, 6.07) is 8.19. The zero-order valence-corrected chi connectivity index (χ0v) is 12.2. The molecule has 0 radical (unpaired) electrons. The Morgan fingerprint density at radius 1 is 1.28 bits per heavy atom. The van der Waals surface area contributed by atoms with Crippen LogP contribution in [0.2, 0.25) is 0 Å². The third kappa shape index (κ3) is 1.81. The predicted molar refractivity (Wildman–Crippen MR) is 76.8 cm³/mol. The second-order valence-corrected chi connectivity index (χ2v) is 5.26. The standard InChI is InChI=1S/C14H14BrN3/c1-8-6-11(15)4-5-13(8)18-10(3)9(2)12(7-16)14(18)17/h4-6H,17H2,1-3H3. The van der Waals surface area contributed by atoms with Crippen LogP contribution in [0.1, 0.15) is 22.4 Å². The summed E-state index contributed by atoms with van der Waals surface area (Å²) < 4.78 is 2.97. The van der Waals surface area contributed by atoms with E-state index in [1.807, 2.05) is 43.5 Å². The van der Waals surface area contributed by atoms with Crippen LogP contribution in [0.15, 0.2) is 22.7 Å². The van der Waals surface area contributed by atoms with E-state index < -0.39 is 0 Å². The van der Waals surface area contributed by atoms with Crippen LogP contribution in [0.3, 0.4) is 0 Å². The molecule has 0 unspecified atom stereocenters. The minimum atomic E-state index is 0.512. The number of aromatic nitrogens is 1. The molecule has 2 aromatic rings. The topological polar surface area (TPSA) is 54.7 Å². The summed E-state index contributed by atoms with van der Waals surface area (Å²) in [6.07, 6.45) is 0. The van der Waals surface area contributed by atoms with Gasteiger partial charge in [-0.1, -0.05) is 15.9 Å². The molecule has 0 aliphatic rings. The van der Waals surface area contributed by atoms with Gasteiger partial charge in [-0.3, -0.25) is 4.57 Å². The Bertz CT molecular complexity index is 663. The van der Waals surface area contributed by atoms with E-state index in [0.717, 1.165) is 27.0 Å². The van der Waals surface area contributed by atoms with Crippen LogP contribution < -0.4 is 5.73 Å². The van der Waals surface area contributed by atoms with Crippen molar-refractivity contribution in [3.05, 3.63) is 45.1 Å². The second-order valence-electron chi connectivity index (χ2n) is 4.35. The van der Waals surface area contributed by atoms with Crippen LogP contribution in [0.25, 0.3) is 5.69 Å². The Morgan fingerprint density at radius 2 is 1.94 bits per heavy atom. The molecule has 0 fully saturated rings. The number of nitrogen functional groups attached to an aromatic ring is 1. The van der Waals surface area contributed by atoms with Gasteiger partial charge in [0, 0.05) is 10.2 Å². The fourth-order valence-electron chi connectivity index (χ4n) is 2.15. The van der Waals surface area contributed by atoms with E-state index in [9.17, 15) is 0 Å². The monoisotopic (exact) mass is 303 g/mol. The van der Waals surface area contributed by atoms with E-state index >= 15 is 0 Å². The van der Waals surface area contributed by atoms with Gasteiger partial charge >= 0.3 is 0 Å². The smallest absolute Gasteiger partial charge is 0.126 e. The van der Waals surface area contributed by atoms with Crippen molar-refractivity contribution < 1.29 is 0 Å². The molecule has 0 spiro atoms. The maximum Gasteiger partial charge on any atom is 0.126 e. The average molecular weight is 304 g/mol. The fraction of sp³-hybridized carbons (Fsp3) is 0.214. The van der Waals surface area contributed by atoms with Crippen LogP contribution in [0.5, 0.6) is 0 Å². The van der Waals surface area contributed by atoms with E-state index in [4.69, 9.17) is 11.0 Å². The van der Waals surface area contributed by atoms with Crippen LogP contribution in [-0.2, 0) is 0 Å². The number of hydrogen-bond donors (Lipinski definition) is 1. The quantitative estimate of drug-likeness (QED) is 0.875. The van der Waals surface area contributed by atoms with Crippen molar-refractivity contribution in [3.63, 3.8) is 0 Å². The number of hydrogen-bond acceptors (Lipinski definition) is 2. The first-order valence-electron chi connectivity index (χ1n) is 5.61. The van der Waals surface area contributed by atoms with Crippen LogP contribution in [0.4, 0.5) is 5.82 Å². The predicted octanol–water partition coefficient (Wildman–Crippen LogP) is 3.62. The average Bonchev–Trinajstić information content (AvgIpc) is 2.52. The Morgan fingerprint density at radius 3 is 2.44 bits per heavy atom. The zero-order valence-electron chi connectivity index (χ0n) is 10.6. The van der Waals surface area contributed by atoms with Crippen molar-refractivity contribution in [2.75, 3.05) is 5.73 Å². The van der Waals surface area contributed by atoms with Crippen LogP contribution >= 0.6 is 15.9 Å². The van der Waals surface area contributed by atoms with Crippen LogP contribution in [0, 0.1) is 32.1 Å². The third-order valence-electron chi connectivity index (χ3n) is 3.26. The van der Waals surface area contributed by atoms with E-state index in [0.29, 0.717) is 11.4 Å². The summed E-state index contributed by atoms with van der Waals surface area (Å²) in [7, 11) is 0. The minimum Gasteiger partial charge on any atom is -0.384 e. The van der Waals surface area contributed by atoms with Gasteiger partial charge in [0.25, 0.3) is 0 Å². The highest BCUT2D eigenvalue weighted by Crippen LogP contribution is 2.29. The molecule has 0 aliphatic heterocycles. The molecule has 0 amide bonds. The maximum atomic E-state index is 9.15. The number of rotatable bonds is 1. The fourth-order valence-corrected chi connectivity index (χ4v) is 2.63. The summed E-state index contributed by atoms with van der Waals surface area (Å²) in [6.45, 7) is 5.93. The lowest BCUT2D eigenvalue weighted by atomic mass is 10.2. The second kappa shape index (κ2) is 4.51. The summed E-state index contributed by atoms with van der Waals surface area (Å²) >= 11 is 3.45. The van der Waals surface area contributed by atoms with E-state index in [2.05, 4.69) is 22.0 Å². The van der Waals surface area contributed by atoms with Gasteiger partial charge in [-0.15, -0.1) is 0 Å².